The van der Waals surface area contributed by atoms with E-state index >= 15 is 0 Å². The van der Waals surface area contributed by atoms with Crippen molar-refractivity contribution in [1.29, 1.82) is 0 Å². The van der Waals surface area contributed by atoms with Gasteiger partial charge in [-0.25, -0.2) is 0 Å². The Hall–Kier alpha value is -1.22. The van der Waals surface area contributed by atoms with Gasteiger partial charge in [0.2, 0.25) is 5.12 Å². The predicted octanol–water partition coefficient (Wildman–Crippen LogP) is 10.8. The topological polar surface area (TPSA) is 26.3 Å². The Kier molecular flexibility index (Phi) is 10.1. The van der Waals surface area contributed by atoms with Crippen molar-refractivity contribution in [1.82, 2.24) is 0 Å². The van der Waals surface area contributed by atoms with Crippen LogP contribution in [0.5, 0.6) is 5.75 Å². The molecule has 0 heterocycles. The van der Waals surface area contributed by atoms with E-state index in [1.165, 1.54) is 83.5 Å². The molecule has 222 valence electrons. The van der Waals surface area contributed by atoms with Crippen molar-refractivity contribution in [3.05, 3.63) is 42.0 Å². The Bertz CT molecular complexity index is 1000. The zero-order valence-corrected chi connectivity index (χ0v) is 26.8. The molecule has 0 amide bonds. The molecule has 3 fully saturated rings. The lowest BCUT2D eigenvalue weighted by molar-refractivity contribution is -0.117. The van der Waals surface area contributed by atoms with Gasteiger partial charge in [0.1, 0.15) is 5.75 Å². The molecular weight excluding hydrogens is 508 g/mol. The van der Waals surface area contributed by atoms with Gasteiger partial charge >= 0.3 is 0 Å². The second kappa shape index (κ2) is 13.4. The van der Waals surface area contributed by atoms with E-state index in [-0.39, 0.29) is 11.2 Å². The number of fused-ring (bicyclic) bond motifs is 5. The summed E-state index contributed by atoms with van der Waals surface area (Å²) < 4.78 is 6.08. The quantitative estimate of drug-likeness (QED) is 0.186. The summed E-state index contributed by atoms with van der Waals surface area (Å²) in [4.78, 5) is 13.3. The van der Waals surface area contributed by atoms with Crippen LogP contribution in [0.3, 0.4) is 0 Å². The number of carbonyl (C=O) groups excluding carboxylic acids is 1. The van der Waals surface area contributed by atoms with E-state index in [1.807, 2.05) is 30.3 Å². The predicted molar refractivity (Wildman–Crippen MR) is 171 cm³/mol. The highest BCUT2D eigenvalue weighted by atomic mass is 32.2. The van der Waals surface area contributed by atoms with Crippen LogP contribution in [0.4, 0.5) is 0 Å². The van der Waals surface area contributed by atoms with Crippen LogP contribution in [0.15, 0.2) is 42.0 Å². The van der Waals surface area contributed by atoms with Crippen molar-refractivity contribution < 1.29 is 9.53 Å². The van der Waals surface area contributed by atoms with Crippen molar-refractivity contribution in [3.8, 4) is 5.75 Å². The maximum atomic E-state index is 13.3. The Morgan fingerprint density at radius 3 is 2.50 bits per heavy atom. The van der Waals surface area contributed by atoms with Gasteiger partial charge in [-0.2, -0.15) is 0 Å². The smallest absolute Gasteiger partial charge is 0.229 e. The van der Waals surface area contributed by atoms with E-state index in [0.29, 0.717) is 16.1 Å². The summed E-state index contributed by atoms with van der Waals surface area (Å²) >= 11 is 1.58. The second-order valence-corrected chi connectivity index (χ2v) is 15.6. The van der Waals surface area contributed by atoms with Gasteiger partial charge in [-0.05, 0) is 111 Å². The Morgan fingerprint density at radius 1 is 0.950 bits per heavy atom. The third-order valence-corrected chi connectivity index (χ3v) is 13.3. The molecule has 5 rings (SSSR count). The maximum absolute atomic E-state index is 13.3. The third-order valence-electron chi connectivity index (χ3n) is 12.1. The largest absolute Gasteiger partial charge is 0.482 e. The Morgan fingerprint density at radius 2 is 1.73 bits per heavy atom. The highest BCUT2D eigenvalue weighted by Gasteiger charge is 2.58. The lowest BCUT2D eigenvalue weighted by Gasteiger charge is -2.58. The number of carbonyl (C=O) groups is 1. The molecule has 0 N–H and O–H groups in total. The molecule has 0 aliphatic heterocycles. The molecule has 0 aromatic heterocycles. The van der Waals surface area contributed by atoms with Gasteiger partial charge < -0.3 is 4.74 Å². The molecule has 0 spiro atoms. The first-order valence-electron chi connectivity index (χ1n) is 17.0. The molecule has 4 aliphatic rings. The molecule has 0 unspecified atom stereocenters. The number of unbranched alkanes of at least 4 members (excludes halogenated alkanes) is 5. The number of para-hydroxylation sites is 1. The minimum Gasteiger partial charge on any atom is -0.482 e. The first-order valence-corrected chi connectivity index (χ1v) is 17.9. The van der Waals surface area contributed by atoms with Gasteiger partial charge in [0.15, 0.2) is 6.10 Å². The summed E-state index contributed by atoms with van der Waals surface area (Å²) in [6.07, 6.45) is 23.7. The van der Waals surface area contributed by atoms with Crippen LogP contribution in [-0.2, 0) is 4.79 Å². The average molecular weight is 565 g/mol. The fourth-order valence-electron chi connectivity index (χ4n) is 9.68. The number of thioether (sulfide) groups is 1. The highest BCUT2D eigenvalue weighted by Crippen LogP contribution is 2.67. The van der Waals surface area contributed by atoms with Gasteiger partial charge in [0, 0.05) is 5.25 Å². The molecule has 40 heavy (non-hydrogen) atoms. The summed E-state index contributed by atoms with van der Waals surface area (Å²) in [6.45, 7) is 9.69. The molecule has 3 saturated carbocycles. The Balaban J connectivity index is 1.17. The van der Waals surface area contributed by atoms with Crippen LogP contribution >= 0.6 is 11.8 Å². The SMILES string of the molecule is CCCCCCCC[C@@H]1CC[C@@H]2[C@H]3CC=C4C[C@@H](SC(=O)[C@@H](CC)Oc5ccccc5)CC[C@]4(C)[C@@H]3CC[C@]12C. The van der Waals surface area contributed by atoms with Crippen LogP contribution in [0.1, 0.15) is 130 Å². The molecule has 0 saturated heterocycles. The fraction of sp³-hybridized carbons (Fsp3) is 0.757. The fourth-order valence-corrected chi connectivity index (χ4v) is 10.9. The number of hydrogen-bond acceptors (Lipinski definition) is 3. The lowest BCUT2D eigenvalue weighted by Crippen LogP contribution is -2.50. The van der Waals surface area contributed by atoms with E-state index in [4.69, 9.17) is 4.74 Å². The molecule has 3 heteroatoms. The standard InChI is InChI=1S/C37H56O2S/c1-5-7-8-9-10-12-15-27-19-21-32-31-20-18-28-26-30(22-24-37(28,4)33(31)23-25-36(27,32)3)40-35(38)34(6-2)39-29-16-13-11-14-17-29/h11,13-14,16-18,27,30-34H,5-10,12,15,19-26H2,1-4H3/t27-,30+,31-,32-,33-,34-,36-,37+/m1/s1. The average Bonchev–Trinajstić information content (AvgIpc) is 3.30. The zero-order valence-electron chi connectivity index (χ0n) is 26.0. The van der Waals surface area contributed by atoms with Crippen molar-refractivity contribution in [2.24, 2.45) is 34.5 Å². The minimum atomic E-state index is -0.354. The summed E-state index contributed by atoms with van der Waals surface area (Å²) in [5.41, 5.74) is 2.62. The molecule has 0 bridgehead atoms. The first kappa shape index (κ1) is 30.2. The summed E-state index contributed by atoms with van der Waals surface area (Å²) in [6, 6.07) is 9.83. The van der Waals surface area contributed by atoms with Gasteiger partial charge in [0.05, 0.1) is 0 Å². The van der Waals surface area contributed by atoms with Gasteiger partial charge in [-0.15, -0.1) is 0 Å². The number of ether oxygens (including phenoxy) is 1. The van der Waals surface area contributed by atoms with Crippen LogP contribution in [0.25, 0.3) is 0 Å². The number of benzene rings is 1. The van der Waals surface area contributed by atoms with Gasteiger partial charge in [-0.3, -0.25) is 4.79 Å². The molecular formula is C37H56O2S. The molecule has 4 aliphatic carbocycles. The van der Waals surface area contributed by atoms with Gasteiger partial charge in [0.25, 0.3) is 0 Å². The minimum absolute atomic E-state index is 0.213. The van der Waals surface area contributed by atoms with Crippen molar-refractivity contribution in [2.75, 3.05) is 0 Å². The van der Waals surface area contributed by atoms with E-state index in [2.05, 4.69) is 33.8 Å². The van der Waals surface area contributed by atoms with E-state index < -0.39 is 0 Å². The molecule has 0 radical (unpaired) electrons. The molecule has 2 nitrogen and oxygen atoms in total. The Labute approximate surface area is 249 Å². The molecule has 8 atom stereocenters. The summed E-state index contributed by atoms with van der Waals surface area (Å²) in [7, 11) is 0. The van der Waals surface area contributed by atoms with Crippen molar-refractivity contribution in [2.45, 2.75) is 142 Å². The molecule has 1 aromatic carbocycles. The van der Waals surface area contributed by atoms with Crippen molar-refractivity contribution in [3.63, 3.8) is 0 Å². The third kappa shape index (κ3) is 6.25. The van der Waals surface area contributed by atoms with Gasteiger partial charge in [-0.1, -0.05) is 108 Å². The van der Waals surface area contributed by atoms with E-state index in [1.54, 1.807) is 17.3 Å². The lowest BCUT2D eigenvalue weighted by atomic mass is 9.47. The van der Waals surface area contributed by atoms with E-state index in [9.17, 15) is 4.79 Å². The first-order chi connectivity index (χ1) is 19.4. The van der Waals surface area contributed by atoms with Crippen LogP contribution in [-0.4, -0.2) is 16.5 Å². The highest BCUT2D eigenvalue weighted by molar-refractivity contribution is 8.14. The van der Waals surface area contributed by atoms with Crippen LogP contribution in [0.2, 0.25) is 0 Å². The molecule has 1 aromatic rings. The zero-order chi connectivity index (χ0) is 28.2. The number of allylic oxidation sites excluding steroid dienone is 2. The van der Waals surface area contributed by atoms with Crippen LogP contribution < -0.4 is 4.74 Å². The number of rotatable bonds is 12. The summed E-state index contributed by atoms with van der Waals surface area (Å²) in [5, 5.41) is 0.615. The van der Waals surface area contributed by atoms with E-state index in [0.717, 1.165) is 48.7 Å². The number of hydrogen-bond donors (Lipinski definition) is 0. The van der Waals surface area contributed by atoms with Crippen molar-refractivity contribution >= 4 is 16.9 Å². The maximum Gasteiger partial charge on any atom is 0.229 e. The normalized spacial score (nSPS) is 35.7. The summed E-state index contributed by atoms with van der Waals surface area (Å²) in [5.74, 6) is 4.43. The second-order valence-electron chi connectivity index (χ2n) is 14.3. The van der Waals surface area contributed by atoms with Crippen LogP contribution in [0, 0.1) is 34.5 Å². The monoisotopic (exact) mass is 564 g/mol.